The molecule has 1 aromatic heterocycles. The van der Waals surface area contributed by atoms with E-state index in [0.717, 1.165) is 11.2 Å². The SMILES string of the molecule is Bc1c(C)[nH]c(C(N)=O)c1C#N. The molecule has 1 aromatic rings. The first-order valence-corrected chi connectivity index (χ1v) is 3.47. The summed E-state index contributed by atoms with van der Waals surface area (Å²) in [5, 5.41) is 8.68. The molecular weight excluding hydrogens is 153 g/mol. The minimum Gasteiger partial charge on any atom is -0.364 e. The summed E-state index contributed by atoms with van der Waals surface area (Å²) < 4.78 is 0. The number of carbonyl (C=O) groups excluding carboxylic acids is 1. The number of nitriles is 1. The average Bonchev–Trinajstić information content (AvgIpc) is 2.29. The van der Waals surface area contributed by atoms with E-state index >= 15 is 0 Å². The summed E-state index contributed by atoms with van der Waals surface area (Å²) in [5.41, 5.74) is 7.19. The molecule has 0 aromatic carbocycles. The Balaban J connectivity index is 3.42. The molecule has 0 aliphatic rings. The first-order chi connectivity index (χ1) is 5.57. The van der Waals surface area contributed by atoms with Gasteiger partial charge in [-0.25, -0.2) is 0 Å². The number of hydrogen-bond acceptors (Lipinski definition) is 2. The molecule has 1 heterocycles. The van der Waals surface area contributed by atoms with Crippen molar-refractivity contribution in [3.05, 3.63) is 17.0 Å². The highest BCUT2D eigenvalue weighted by atomic mass is 16.1. The van der Waals surface area contributed by atoms with Gasteiger partial charge in [-0.15, -0.1) is 0 Å². The van der Waals surface area contributed by atoms with Gasteiger partial charge in [0.15, 0.2) is 0 Å². The van der Waals surface area contributed by atoms with E-state index in [0.29, 0.717) is 5.56 Å². The summed E-state index contributed by atoms with van der Waals surface area (Å²) in [7, 11) is 1.77. The van der Waals surface area contributed by atoms with Gasteiger partial charge in [0.2, 0.25) is 0 Å². The fraction of sp³-hybridized carbons (Fsp3) is 0.143. The Labute approximate surface area is 70.8 Å². The van der Waals surface area contributed by atoms with Crippen molar-refractivity contribution in [3.63, 3.8) is 0 Å². The van der Waals surface area contributed by atoms with Crippen LogP contribution in [0.3, 0.4) is 0 Å². The smallest absolute Gasteiger partial charge is 0.266 e. The number of amides is 1. The summed E-state index contributed by atoms with van der Waals surface area (Å²) in [6, 6.07) is 1.93. The number of H-pyrrole nitrogens is 1. The fourth-order valence-corrected chi connectivity index (χ4v) is 1.04. The second kappa shape index (κ2) is 2.74. The molecule has 0 radical (unpaired) electrons. The number of nitrogens with one attached hydrogen (secondary N) is 1. The molecule has 0 atom stereocenters. The maximum absolute atomic E-state index is 10.8. The molecule has 0 bridgehead atoms. The quantitative estimate of drug-likeness (QED) is 0.494. The van der Waals surface area contributed by atoms with Gasteiger partial charge < -0.3 is 10.7 Å². The maximum atomic E-state index is 10.8. The predicted octanol–water partition coefficient (Wildman–Crippen LogP) is -1.45. The molecule has 0 saturated carbocycles. The van der Waals surface area contributed by atoms with Gasteiger partial charge in [0, 0.05) is 5.69 Å². The molecule has 12 heavy (non-hydrogen) atoms. The van der Waals surface area contributed by atoms with Crippen LogP contribution in [0.2, 0.25) is 0 Å². The van der Waals surface area contributed by atoms with Crippen molar-refractivity contribution in [2.75, 3.05) is 0 Å². The first-order valence-electron chi connectivity index (χ1n) is 3.47. The van der Waals surface area contributed by atoms with Crippen LogP contribution < -0.4 is 11.2 Å². The molecule has 60 valence electrons. The molecular formula is C7H8BN3O. The third-order valence-electron chi connectivity index (χ3n) is 1.86. The van der Waals surface area contributed by atoms with Crippen LogP contribution in [-0.2, 0) is 0 Å². The Kier molecular flexibility index (Phi) is 1.92. The topological polar surface area (TPSA) is 82.7 Å². The third-order valence-corrected chi connectivity index (χ3v) is 1.86. The normalized spacial score (nSPS) is 9.33. The number of nitrogens with two attached hydrogens (primary N) is 1. The molecule has 0 saturated heterocycles. The van der Waals surface area contributed by atoms with E-state index in [9.17, 15) is 4.79 Å². The number of carbonyl (C=O) groups is 1. The van der Waals surface area contributed by atoms with Crippen molar-refractivity contribution < 1.29 is 4.79 Å². The zero-order valence-corrected chi connectivity index (χ0v) is 6.93. The van der Waals surface area contributed by atoms with Crippen molar-refractivity contribution in [1.29, 1.82) is 5.26 Å². The first kappa shape index (κ1) is 8.40. The van der Waals surface area contributed by atoms with Crippen molar-refractivity contribution in [1.82, 2.24) is 4.98 Å². The van der Waals surface area contributed by atoms with Gasteiger partial charge in [0.1, 0.15) is 19.6 Å². The lowest BCUT2D eigenvalue weighted by Crippen LogP contribution is -2.15. The number of primary amides is 1. The van der Waals surface area contributed by atoms with E-state index in [1.54, 1.807) is 14.8 Å². The summed E-state index contributed by atoms with van der Waals surface area (Å²) in [5.74, 6) is -0.595. The molecule has 5 heteroatoms. The van der Waals surface area contributed by atoms with Gasteiger partial charge in [0.05, 0.1) is 5.56 Å². The lowest BCUT2D eigenvalue weighted by Gasteiger charge is -1.89. The predicted molar refractivity (Wildman–Crippen MR) is 46.9 cm³/mol. The Morgan fingerprint density at radius 2 is 2.33 bits per heavy atom. The molecule has 3 N–H and O–H groups in total. The lowest BCUT2D eigenvalue weighted by atomic mass is 9.91. The third kappa shape index (κ3) is 1.07. The monoisotopic (exact) mass is 161 g/mol. The van der Waals surface area contributed by atoms with Gasteiger partial charge in [-0.2, -0.15) is 5.26 Å². The Hall–Kier alpha value is -1.70. The van der Waals surface area contributed by atoms with Crippen LogP contribution >= 0.6 is 0 Å². The van der Waals surface area contributed by atoms with Crippen molar-refractivity contribution in [3.8, 4) is 6.07 Å². The number of rotatable bonds is 1. The summed E-state index contributed by atoms with van der Waals surface area (Å²) in [6.07, 6.45) is 0. The van der Waals surface area contributed by atoms with Crippen LogP contribution in [0, 0.1) is 18.3 Å². The minimum atomic E-state index is -0.595. The van der Waals surface area contributed by atoms with E-state index in [1.165, 1.54) is 0 Å². The van der Waals surface area contributed by atoms with Crippen LogP contribution in [0.5, 0.6) is 0 Å². The van der Waals surface area contributed by atoms with Crippen molar-refractivity contribution in [2.24, 2.45) is 5.73 Å². The largest absolute Gasteiger partial charge is 0.364 e. The van der Waals surface area contributed by atoms with Gasteiger partial charge >= 0.3 is 0 Å². The van der Waals surface area contributed by atoms with Gasteiger partial charge in [0.25, 0.3) is 5.91 Å². The summed E-state index contributed by atoms with van der Waals surface area (Å²) in [6.45, 7) is 1.79. The Morgan fingerprint density at radius 3 is 2.67 bits per heavy atom. The zero-order chi connectivity index (χ0) is 9.30. The minimum absolute atomic E-state index is 0.201. The molecule has 1 rings (SSSR count). The van der Waals surface area contributed by atoms with Crippen molar-refractivity contribution in [2.45, 2.75) is 6.92 Å². The van der Waals surface area contributed by atoms with E-state index < -0.39 is 5.91 Å². The maximum Gasteiger partial charge on any atom is 0.266 e. The Bertz CT molecular complexity index is 375. The Morgan fingerprint density at radius 1 is 1.75 bits per heavy atom. The summed E-state index contributed by atoms with van der Waals surface area (Å²) in [4.78, 5) is 13.6. The molecule has 0 unspecified atom stereocenters. The molecule has 0 aliphatic carbocycles. The van der Waals surface area contributed by atoms with Gasteiger partial charge in [-0.05, 0) is 6.92 Å². The van der Waals surface area contributed by atoms with Crippen LogP contribution in [-0.4, -0.2) is 18.7 Å². The second-order valence-corrected chi connectivity index (χ2v) is 2.60. The number of hydrogen-bond donors (Lipinski definition) is 2. The number of nitrogens with zero attached hydrogens (tertiary/aromatic N) is 1. The van der Waals surface area contributed by atoms with Gasteiger partial charge in [-0.3, -0.25) is 4.79 Å². The second-order valence-electron chi connectivity index (χ2n) is 2.60. The average molecular weight is 161 g/mol. The highest BCUT2D eigenvalue weighted by Crippen LogP contribution is 2.04. The molecule has 1 amide bonds. The number of aryl methyl sites for hydroxylation is 1. The van der Waals surface area contributed by atoms with Crippen LogP contribution in [0.1, 0.15) is 21.7 Å². The fourth-order valence-electron chi connectivity index (χ4n) is 1.04. The molecule has 0 spiro atoms. The van der Waals surface area contributed by atoms with Crippen LogP contribution in [0.25, 0.3) is 0 Å². The van der Waals surface area contributed by atoms with E-state index in [4.69, 9.17) is 11.0 Å². The van der Waals surface area contributed by atoms with Crippen LogP contribution in [0.15, 0.2) is 0 Å². The van der Waals surface area contributed by atoms with Crippen LogP contribution in [0.4, 0.5) is 0 Å². The molecule has 4 nitrogen and oxygen atoms in total. The van der Waals surface area contributed by atoms with E-state index in [2.05, 4.69) is 4.98 Å². The highest BCUT2D eigenvalue weighted by Gasteiger charge is 2.14. The highest BCUT2D eigenvalue weighted by molar-refractivity contribution is 6.35. The van der Waals surface area contributed by atoms with E-state index in [-0.39, 0.29) is 5.69 Å². The van der Waals surface area contributed by atoms with Gasteiger partial charge in [-0.1, -0.05) is 5.46 Å². The standard InChI is InChI=1S/C7H8BN3O/c1-3-5(8)4(2-9)6(11-3)7(10)12/h11H,8H2,1H3,(H2,10,12). The van der Waals surface area contributed by atoms with Crippen molar-refractivity contribution >= 4 is 19.2 Å². The molecule has 0 fully saturated rings. The zero-order valence-electron chi connectivity index (χ0n) is 6.93. The number of aromatic amines is 1. The van der Waals surface area contributed by atoms with E-state index in [1.807, 2.05) is 6.07 Å². The number of aromatic nitrogens is 1. The lowest BCUT2D eigenvalue weighted by molar-refractivity contribution is 0.0996. The summed E-state index contributed by atoms with van der Waals surface area (Å²) >= 11 is 0. The molecule has 0 aliphatic heterocycles.